The molecule has 0 saturated carbocycles. The molecule has 0 saturated heterocycles. The van der Waals surface area contributed by atoms with E-state index in [0.717, 1.165) is 19.5 Å². The monoisotopic (exact) mass is 373 g/mol. The summed E-state index contributed by atoms with van der Waals surface area (Å²) in [6.07, 6.45) is 1.25. The normalized spacial score (nSPS) is 15.8. The van der Waals surface area contributed by atoms with Gasteiger partial charge < -0.3 is 9.05 Å². The molecule has 1 aliphatic heterocycles. The van der Waals surface area contributed by atoms with Gasteiger partial charge in [-0.3, -0.25) is 9.46 Å². The predicted molar refractivity (Wildman–Crippen MR) is 105 cm³/mol. The zero-order chi connectivity index (χ0) is 18.4. The van der Waals surface area contributed by atoms with E-state index in [2.05, 4.69) is 53.4 Å². The Morgan fingerprint density at radius 3 is 2.00 bits per heavy atom. The lowest BCUT2D eigenvalue weighted by molar-refractivity contribution is 0.182. The van der Waals surface area contributed by atoms with Gasteiger partial charge in [0.2, 0.25) is 0 Å². The van der Waals surface area contributed by atoms with Gasteiger partial charge in [-0.2, -0.15) is 0 Å². The number of fused-ring (bicyclic) bond motifs is 1. The van der Waals surface area contributed by atoms with Crippen LogP contribution in [0.15, 0.2) is 54.6 Å². The van der Waals surface area contributed by atoms with Crippen LogP contribution in [0.1, 0.15) is 30.5 Å². The van der Waals surface area contributed by atoms with Gasteiger partial charge in [-0.1, -0.05) is 54.6 Å². The van der Waals surface area contributed by atoms with Crippen LogP contribution >= 0.6 is 7.60 Å². The van der Waals surface area contributed by atoms with Crippen molar-refractivity contribution in [1.29, 1.82) is 0 Å². The van der Waals surface area contributed by atoms with Gasteiger partial charge >= 0.3 is 7.60 Å². The maximum atomic E-state index is 13.2. The second-order valence-electron chi connectivity index (χ2n) is 6.65. The van der Waals surface area contributed by atoms with Crippen molar-refractivity contribution in [3.8, 4) is 0 Å². The molecule has 4 nitrogen and oxygen atoms in total. The summed E-state index contributed by atoms with van der Waals surface area (Å²) in [7, 11) is -3.10. The van der Waals surface area contributed by atoms with Crippen LogP contribution in [0.3, 0.4) is 0 Å². The highest BCUT2D eigenvalue weighted by molar-refractivity contribution is 7.53. The Bertz CT molecular complexity index is 715. The molecule has 0 radical (unpaired) electrons. The molecule has 2 aromatic carbocycles. The minimum atomic E-state index is -3.10. The highest BCUT2D eigenvalue weighted by atomic mass is 31.2. The lowest BCUT2D eigenvalue weighted by Gasteiger charge is -2.30. The quantitative estimate of drug-likeness (QED) is 0.587. The molecule has 5 heteroatoms. The van der Waals surface area contributed by atoms with E-state index in [1.54, 1.807) is 0 Å². The number of nitrogens with zero attached hydrogens (tertiary/aromatic N) is 1. The summed E-state index contributed by atoms with van der Waals surface area (Å²) in [6, 6.07) is 19.0. The summed E-state index contributed by atoms with van der Waals surface area (Å²) >= 11 is 0. The Morgan fingerprint density at radius 2 is 1.46 bits per heavy atom. The number of rotatable bonds is 9. The lowest BCUT2D eigenvalue weighted by Crippen LogP contribution is -2.36. The van der Waals surface area contributed by atoms with Gasteiger partial charge in [-0.15, -0.1) is 0 Å². The Balaban J connectivity index is 1.81. The first-order valence-electron chi connectivity index (χ1n) is 9.36. The Kier molecular flexibility index (Phi) is 6.66. The van der Waals surface area contributed by atoms with Crippen molar-refractivity contribution in [2.45, 2.75) is 39.4 Å². The zero-order valence-corrected chi connectivity index (χ0v) is 16.5. The molecule has 0 spiro atoms. The van der Waals surface area contributed by atoms with Crippen LogP contribution in [0, 0.1) is 0 Å². The molecule has 0 aromatic heterocycles. The van der Waals surface area contributed by atoms with E-state index in [1.807, 2.05) is 19.9 Å². The third-order valence-electron chi connectivity index (χ3n) is 4.78. The van der Waals surface area contributed by atoms with Gasteiger partial charge in [0, 0.05) is 19.1 Å². The van der Waals surface area contributed by atoms with Gasteiger partial charge in [0.05, 0.1) is 19.4 Å². The molecular weight excluding hydrogens is 345 g/mol. The average Bonchev–Trinajstić information content (AvgIpc) is 3.06. The fourth-order valence-electron chi connectivity index (χ4n) is 3.61. The molecule has 0 fully saturated rings. The molecule has 2 aromatic rings. The van der Waals surface area contributed by atoms with Gasteiger partial charge in [-0.05, 0) is 37.0 Å². The highest BCUT2D eigenvalue weighted by Crippen LogP contribution is 2.50. The molecule has 26 heavy (non-hydrogen) atoms. The van der Waals surface area contributed by atoms with E-state index in [9.17, 15) is 4.57 Å². The summed E-state index contributed by atoms with van der Waals surface area (Å²) in [5.41, 5.74) is 3.95. The first kappa shape index (κ1) is 19.3. The van der Waals surface area contributed by atoms with E-state index in [-0.39, 0.29) is 6.04 Å². The van der Waals surface area contributed by atoms with Crippen LogP contribution in [0.4, 0.5) is 0 Å². The van der Waals surface area contributed by atoms with Crippen molar-refractivity contribution in [1.82, 2.24) is 4.90 Å². The molecule has 140 valence electrons. The van der Waals surface area contributed by atoms with Crippen molar-refractivity contribution >= 4 is 7.60 Å². The maximum Gasteiger partial charge on any atom is 0.332 e. The zero-order valence-electron chi connectivity index (χ0n) is 15.6. The molecule has 1 atom stereocenters. The topological polar surface area (TPSA) is 38.8 Å². The molecule has 0 N–H and O–H groups in total. The van der Waals surface area contributed by atoms with Crippen LogP contribution in [-0.2, 0) is 33.1 Å². The summed E-state index contributed by atoms with van der Waals surface area (Å²) in [6.45, 7) is 6.29. The van der Waals surface area contributed by atoms with Gasteiger partial charge in [0.1, 0.15) is 0 Å². The fourth-order valence-corrected chi connectivity index (χ4v) is 5.56. The van der Waals surface area contributed by atoms with Gasteiger partial charge in [0.15, 0.2) is 0 Å². The van der Waals surface area contributed by atoms with Crippen molar-refractivity contribution in [2.24, 2.45) is 0 Å². The molecule has 0 bridgehead atoms. The molecule has 0 amide bonds. The number of hydrogen-bond acceptors (Lipinski definition) is 4. The van der Waals surface area contributed by atoms with Crippen molar-refractivity contribution in [3.63, 3.8) is 0 Å². The second kappa shape index (κ2) is 8.96. The minimum absolute atomic E-state index is 0.105. The lowest BCUT2D eigenvalue weighted by atomic mass is 10.1. The fraction of sp³-hybridized carbons (Fsp3) is 0.429. The molecule has 0 unspecified atom stereocenters. The first-order valence-corrected chi connectivity index (χ1v) is 11.1. The van der Waals surface area contributed by atoms with Gasteiger partial charge in [0.25, 0.3) is 0 Å². The third-order valence-corrected chi connectivity index (χ3v) is 6.95. The van der Waals surface area contributed by atoms with Crippen molar-refractivity contribution in [3.05, 3.63) is 71.3 Å². The smallest absolute Gasteiger partial charge is 0.309 e. The summed E-state index contributed by atoms with van der Waals surface area (Å²) < 4.78 is 24.3. The Labute approximate surface area is 156 Å². The van der Waals surface area contributed by atoms with E-state index >= 15 is 0 Å². The van der Waals surface area contributed by atoms with E-state index in [0.29, 0.717) is 19.4 Å². The highest BCUT2D eigenvalue weighted by Gasteiger charge is 2.34. The molecular formula is C21H28NO3P. The van der Waals surface area contributed by atoms with Crippen LogP contribution in [0.2, 0.25) is 0 Å². The van der Waals surface area contributed by atoms with Crippen molar-refractivity contribution in [2.75, 3.05) is 19.4 Å². The minimum Gasteiger partial charge on any atom is -0.309 e. The van der Waals surface area contributed by atoms with Crippen LogP contribution in [0.25, 0.3) is 0 Å². The second-order valence-corrected chi connectivity index (χ2v) is 8.75. The standard InChI is InChI=1S/C21H28NO3P/c1-3-24-26(23,25-4-2)17-21(14-18-10-6-5-7-11-18)22-15-19-12-8-9-13-20(19)16-22/h5-13,21H,3-4,14-17H2,1-2H3/t21-/m1/s1. The van der Waals surface area contributed by atoms with E-state index in [4.69, 9.17) is 9.05 Å². The summed E-state index contributed by atoms with van der Waals surface area (Å²) in [5.74, 6) is 0. The Morgan fingerprint density at radius 1 is 0.923 bits per heavy atom. The van der Waals surface area contributed by atoms with Crippen LogP contribution in [-0.4, -0.2) is 30.3 Å². The first-order chi connectivity index (χ1) is 12.6. The van der Waals surface area contributed by atoms with E-state index in [1.165, 1.54) is 16.7 Å². The molecule has 1 aliphatic rings. The number of hydrogen-bond donors (Lipinski definition) is 0. The third kappa shape index (κ3) is 4.83. The molecule has 1 heterocycles. The largest absolute Gasteiger partial charge is 0.332 e. The van der Waals surface area contributed by atoms with Crippen LogP contribution in [0.5, 0.6) is 0 Å². The molecule has 0 aliphatic carbocycles. The summed E-state index contributed by atoms with van der Waals surface area (Å²) in [4.78, 5) is 2.41. The number of benzene rings is 2. The van der Waals surface area contributed by atoms with E-state index < -0.39 is 7.60 Å². The van der Waals surface area contributed by atoms with Crippen molar-refractivity contribution < 1.29 is 13.6 Å². The Hall–Kier alpha value is -1.45. The van der Waals surface area contributed by atoms with Gasteiger partial charge in [-0.25, -0.2) is 0 Å². The predicted octanol–water partition coefficient (Wildman–Crippen LogP) is 4.88. The average molecular weight is 373 g/mol. The summed E-state index contributed by atoms with van der Waals surface area (Å²) in [5, 5.41) is 0. The van der Waals surface area contributed by atoms with Crippen LogP contribution < -0.4 is 0 Å². The maximum absolute atomic E-state index is 13.2. The molecule has 3 rings (SSSR count). The SMILES string of the molecule is CCOP(=O)(C[C@@H](Cc1ccccc1)N1Cc2ccccc2C1)OCC.